The zero-order valence-electron chi connectivity index (χ0n) is 17.4. The standard InChI is InChI=1S/C22H30BrNO4/c1-6-27-20(25)12-16-9-10-24(14-16)19-8-7-18(23)13-17(19)11-15(2)21(26)28-22(3,4)5/h7-8,11,13,16H,6,9-10,12,14H2,1-5H3. The number of hydrogen-bond acceptors (Lipinski definition) is 5. The summed E-state index contributed by atoms with van der Waals surface area (Å²) in [6, 6.07) is 6.04. The van der Waals surface area contributed by atoms with E-state index in [9.17, 15) is 9.59 Å². The molecule has 0 N–H and O–H groups in total. The summed E-state index contributed by atoms with van der Waals surface area (Å²) in [7, 11) is 0. The van der Waals surface area contributed by atoms with Crippen molar-refractivity contribution in [3.05, 3.63) is 33.8 Å². The lowest BCUT2D eigenvalue weighted by atomic mass is 10.1. The fourth-order valence-electron chi connectivity index (χ4n) is 3.25. The van der Waals surface area contributed by atoms with E-state index in [-0.39, 0.29) is 17.9 Å². The summed E-state index contributed by atoms with van der Waals surface area (Å²) in [5.74, 6) is -0.169. The Kier molecular flexibility index (Phi) is 7.70. The van der Waals surface area contributed by atoms with E-state index in [0.717, 1.165) is 35.2 Å². The summed E-state index contributed by atoms with van der Waals surface area (Å²) >= 11 is 3.52. The summed E-state index contributed by atoms with van der Waals surface area (Å²) in [5, 5.41) is 0. The highest BCUT2D eigenvalue weighted by molar-refractivity contribution is 9.10. The van der Waals surface area contributed by atoms with E-state index >= 15 is 0 Å². The van der Waals surface area contributed by atoms with Crippen LogP contribution < -0.4 is 4.90 Å². The molecule has 1 heterocycles. The summed E-state index contributed by atoms with van der Waals surface area (Å²) in [6.07, 6.45) is 3.26. The molecule has 5 nitrogen and oxygen atoms in total. The van der Waals surface area contributed by atoms with E-state index in [4.69, 9.17) is 9.47 Å². The third-order valence-electron chi connectivity index (χ3n) is 4.47. The number of ether oxygens (including phenoxy) is 2. The van der Waals surface area contributed by atoms with Crippen molar-refractivity contribution < 1.29 is 19.1 Å². The molecule has 1 aliphatic heterocycles. The molecule has 1 aromatic carbocycles. The Morgan fingerprint density at radius 2 is 2.04 bits per heavy atom. The van der Waals surface area contributed by atoms with Gasteiger partial charge in [-0.05, 0) is 76.8 Å². The third-order valence-corrected chi connectivity index (χ3v) is 4.96. The van der Waals surface area contributed by atoms with Gasteiger partial charge in [0, 0.05) is 28.8 Å². The number of esters is 2. The fraction of sp³-hybridized carbons (Fsp3) is 0.545. The maximum atomic E-state index is 12.3. The van der Waals surface area contributed by atoms with Crippen molar-refractivity contribution in [1.82, 2.24) is 0 Å². The molecule has 0 amide bonds. The monoisotopic (exact) mass is 451 g/mol. The van der Waals surface area contributed by atoms with Crippen LogP contribution >= 0.6 is 15.9 Å². The van der Waals surface area contributed by atoms with Crippen LogP contribution in [0.4, 0.5) is 5.69 Å². The molecule has 1 aromatic rings. The van der Waals surface area contributed by atoms with Gasteiger partial charge in [-0.15, -0.1) is 0 Å². The highest BCUT2D eigenvalue weighted by Crippen LogP contribution is 2.32. The highest BCUT2D eigenvalue weighted by Gasteiger charge is 2.26. The van der Waals surface area contributed by atoms with Crippen LogP contribution in [0.25, 0.3) is 6.08 Å². The van der Waals surface area contributed by atoms with E-state index in [1.807, 2.05) is 52.0 Å². The lowest BCUT2D eigenvalue weighted by Gasteiger charge is -2.22. The minimum Gasteiger partial charge on any atom is -0.466 e. The second-order valence-corrected chi connectivity index (χ2v) is 9.06. The van der Waals surface area contributed by atoms with Crippen LogP contribution in [0.3, 0.4) is 0 Å². The molecule has 0 saturated carbocycles. The molecule has 1 unspecified atom stereocenters. The number of halogens is 1. The van der Waals surface area contributed by atoms with Crippen LogP contribution in [-0.2, 0) is 19.1 Å². The van der Waals surface area contributed by atoms with Crippen molar-refractivity contribution in [3.8, 4) is 0 Å². The summed E-state index contributed by atoms with van der Waals surface area (Å²) < 4.78 is 11.5. The third kappa shape index (κ3) is 6.66. The molecule has 0 bridgehead atoms. The van der Waals surface area contributed by atoms with Crippen LogP contribution in [0.1, 0.15) is 53.0 Å². The average Bonchev–Trinajstić information content (AvgIpc) is 3.01. The molecule has 1 aliphatic rings. The molecular weight excluding hydrogens is 422 g/mol. The Balaban J connectivity index is 2.18. The fourth-order valence-corrected chi connectivity index (χ4v) is 3.63. The van der Waals surface area contributed by atoms with E-state index in [1.54, 1.807) is 6.92 Å². The SMILES string of the molecule is CCOC(=O)CC1CCN(c2ccc(Br)cc2C=C(C)C(=O)OC(C)(C)C)C1. The number of carbonyl (C=O) groups is 2. The molecule has 1 fully saturated rings. The smallest absolute Gasteiger partial charge is 0.334 e. The zero-order valence-corrected chi connectivity index (χ0v) is 19.0. The van der Waals surface area contributed by atoms with Crippen LogP contribution in [0.2, 0.25) is 0 Å². The van der Waals surface area contributed by atoms with Crippen LogP contribution in [0.15, 0.2) is 28.2 Å². The van der Waals surface area contributed by atoms with Gasteiger partial charge in [0.25, 0.3) is 0 Å². The first-order valence-electron chi connectivity index (χ1n) is 9.71. The van der Waals surface area contributed by atoms with Crippen LogP contribution in [-0.4, -0.2) is 37.2 Å². The normalized spacial score (nSPS) is 17.6. The van der Waals surface area contributed by atoms with Crippen molar-refractivity contribution >= 4 is 39.6 Å². The van der Waals surface area contributed by atoms with Gasteiger partial charge < -0.3 is 14.4 Å². The van der Waals surface area contributed by atoms with Crippen molar-refractivity contribution in [2.24, 2.45) is 5.92 Å². The van der Waals surface area contributed by atoms with Crippen molar-refractivity contribution in [2.75, 3.05) is 24.6 Å². The first kappa shape index (κ1) is 22.5. The van der Waals surface area contributed by atoms with Crippen molar-refractivity contribution in [2.45, 2.75) is 53.1 Å². The predicted octanol–water partition coefficient (Wildman–Crippen LogP) is 4.97. The number of rotatable bonds is 6. The van der Waals surface area contributed by atoms with Gasteiger partial charge in [-0.25, -0.2) is 4.79 Å². The first-order valence-corrected chi connectivity index (χ1v) is 10.5. The van der Waals surface area contributed by atoms with Gasteiger partial charge in [-0.3, -0.25) is 4.79 Å². The minimum absolute atomic E-state index is 0.133. The first-order chi connectivity index (χ1) is 13.1. The van der Waals surface area contributed by atoms with Crippen molar-refractivity contribution in [1.29, 1.82) is 0 Å². The molecule has 0 spiro atoms. The second-order valence-electron chi connectivity index (χ2n) is 8.14. The Bertz CT molecular complexity index is 751. The summed E-state index contributed by atoms with van der Waals surface area (Å²) in [5.41, 5.74) is 2.03. The highest BCUT2D eigenvalue weighted by atomic mass is 79.9. The van der Waals surface area contributed by atoms with Crippen molar-refractivity contribution in [3.63, 3.8) is 0 Å². The number of anilines is 1. The van der Waals surface area contributed by atoms with E-state index in [1.165, 1.54) is 0 Å². The second kappa shape index (κ2) is 9.59. The van der Waals surface area contributed by atoms with E-state index in [2.05, 4.69) is 20.8 Å². The van der Waals surface area contributed by atoms with Gasteiger partial charge in [0.2, 0.25) is 0 Å². The summed E-state index contributed by atoms with van der Waals surface area (Å²) in [6.45, 7) is 11.3. The van der Waals surface area contributed by atoms with E-state index < -0.39 is 5.60 Å². The summed E-state index contributed by atoms with van der Waals surface area (Å²) in [4.78, 5) is 26.4. The maximum Gasteiger partial charge on any atom is 0.334 e. The van der Waals surface area contributed by atoms with Gasteiger partial charge in [0.05, 0.1) is 13.0 Å². The van der Waals surface area contributed by atoms with Gasteiger partial charge >= 0.3 is 11.9 Å². The molecular formula is C22H30BrNO4. The van der Waals surface area contributed by atoms with Gasteiger partial charge in [0.1, 0.15) is 5.60 Å². The minimum atomic E-state index is -0.526. The molecule has 28 heavy (non-hydrogen) atoms. The predicted molar refractivity (Wildman–Crippen MR) is 115 cm³/mol. The van der Waals surface area contributed by atoms with Crippen LogP contribution in [0, 0.1) is 5.92 Å². The molecule has 0 aromatic heterocycles. The lowest BCUT2D eigenvalue weighted by molar-refractivity contribution is -0.149. The quantitative estimate of drug-likeness (QED) is 0.451. The Morgan fingerprint density at radius 1 is 1.32 bits per heavy atom. The lowest BCUT2D eigenvalue weighted by Crippen LogP contribution is -2.24. The van der Waals surface area contributed by atoms with Gasteiger partial charge in [-0.1, -0.05) is 15.9 Å². The number of hydrogen-bond donors (Lipinski definition) is 0. The molecule has 0 aliphatic carbocycles. The largest absolute Gasteiger partial charge is 0.466 e. The topological polar surface area (TPSA) is 55.8 Å². The van der Waals surface area contributed by atoms with Crippen LogP contribution in [0.5, 0.6) is 0 Å². The zero-order chi connectivity index (χ0) is 20.9. The van der Waals surface area contributed by atoms with Gasteiger partial charge in [0.15, 0.2) is 0 Å². The molecule has 154 valence electrons. The number of carbonyl (C=O) groups excluding carboxylic acids is 2. The molecule has 2 rings (SSSR count). The Hall–Kier alpha value is -1.82. The Morgan fingerprint density at radius 3 is 2.68 bits per heavy atom. The number of benzene rings is 1. The maximum absolute atomic E-state index is 12.3. The number of nitrogens with zero attached hydrogens (tertiary/aromatic N) is 1. The molecule has 1 atom stereocenters. The van der Waals surface area contributed by atoms with E-state index in [0.29, 0.717) is 18.6 Å². The molecule has 1 saturated heterocycles. The molecule has 0 radical (unpaired) electrons. The average molecular weight is 452 g/mol. The Labute approximate surface area is 176 Å². The van der Waals surface area contributed by atoms with Gasteiger partial charge in [-0.2, -0.15) is 0 Å². The molecule has 6 heteroatoms.